The smallest absolute Gasteiger partial charge is 0.150 e. The van der Waals surface area contributed by atoms with E-state index in [1.807, 2.05) is 12.1 Å². The van der Waals surface area contributed by atoms with Crippen LogP contribution in [0.2, 0.25) is 5.02 Å². The minimum Gasteiger partial charge on any atom is -0.298 e. The van der Waals surface area contributed by atoms with E-state index >= 15 is 0 Å². The summed E-state index contributed by atoms with van der Waals surface area (Å²) in [6, 6.07) is 7.67. The van der Waals surface area contributed by atoms with E-state index in [2.05, 4.69) is 33.8 Å². The van der Waals surface area contributed by atoms with E-state index in [9.17, 15) is 4.79 Å². The highest BCUT2D eigenvalue weighted by atomic mass is 35.5. The molecule has 2 aromatic rings. The summed E-state index contributed by atoms with van der Waals surface area (Å²) >= 11 is 5.97. The molecule has 0 saturated heterocycles. The van der Waals surface area contributed by atoms with Crippen molar-refractivity contribution in [3.63, 3.8) is 0 Å². The van der Waals surface area contributed by atoms with E-state index in [0.717, 1.165) is 17.4 Å². The van der Waals surface area contributed by atoms with Crippen LogP contribution in [0.4, 0.5) is 0 Å². The highest BCUT2D eigenvalue weighted by Gasteiger charge is 2.13. The second-order valence-electron chi connectivity index (χ2n) is 4.98. The molecule has 0 unspecified atom stereocenters. The Hall–Kier alpha value is -1.60. The lowest BCUT2D eigenvalue weighted by atomic mass is 9.88. The van der Waals surface area contributed by atoms with Gasteiger partial charge in [-0.05, 0) is 73.2 Å². The minimum atomic E-state index is 0.588. The van der Waals surface area contributed by atoms with Gasteiger partial charge in [0.2, 0.25) is 0 Å². The molecule has 98 valence electrons. The Labute approximate surface area is 119 Å². The van der Waals surface area contributed by atoms with E-state index < -0.39 is 0 Å². The van der Waals surface area contributed by atoms with E-state index in [-0.39, 0.29) is 0 Å². The van der Waals surface area contributed by atoms with Crippen LogP contribution >= 0.6 is 11.6 Å². The molecule has 0 spiro atoms. The maximum absolute atomic E-state index is 11.3. The maximum Gasteiger partial charge on any atom is 0.150 e. The van der Waals surface area contributed by atoms with Gasteiger partial charge in [0.25, 0.3) is 0 Å². The predicted molar refractivity (Wildman–Crippen MR) is 81.2 cm³/mol. The second kappa shape index (κ2) is 5.18. The standard InChI is InChI=1S/C17H17ClO/c1-10-7-11(2)13(4)17(12(10)3)16-6-5-15(18)8-14(16)9-19/h5-9H,1-4H3. The fraction of sp³-hybridized carbons (Fsp3) is 0.235. The first-order chi connectivity index (χ1) is 8.95. The molecule has 19 heavy (non-hydrogen) atoms. The molecule has 2 rings (SSSR count). The van der Waals surface area contributed by atoms with Crippen molar-refractivity contribution >= 4 is 17.9 Å². The average Bonchev–Trinajstić information content (AvgIpc) is 2.38. The fourth-order valence-electron chi connectivity index (χ4n) is 2.48. The molecule has 0 saturated carbocycles. The van der Waals surface area contributed by atoms with Crippen LogP contribution < -0.4 is 0 Å². The van der Waals surface area contributed by atoms with Crippen LogP contribution in [0.25, 0.3) is 11.1 Å². The van der Waals surface area contributed by atoms with Crippen LogP contribution in [0.5, 0.6) is 0 Å². The second-order valence-corrected chi connectivity index (χ2v) is 5.42. The molecule has 0 heterocycles. The van der Waals surface area contributed by atoms with Gasteiger partial charge in [0.05, 0.1) is 0 Å². The topological polar surface area (TPSA) is 17.1 Å². The molecular formula is C17H17ClO. The Bertz CT molecular complexity index is 631. The van der Waals surface area contributed by atoms with Crippen molar-refractivity contribution in [3.05, 3.63) is 57.1 Å². The first-order valence-corrected chi connectivity index (χ1v) is 6.66. The number of carbonyl (C=O) groups is 1. The minimum absolute atomic E-state index is 0.588. The van der Waals surface area contributed by atoms with Gasteiger partial charge in [-0.2, -0.15) is 0 Å². The van der Waals surface area contributed by atoms with Crippen LogP contribution in [-0.4, -0.2) is 6.29 Å². The lowest BCUT2D eigenvalue weighted by molar-refractivity contribution is 0.112. The SMILES string of the molecule is Cc1cc(C)c(C)c(-c2ccc(Cl)cc2C=O)c1C. The van der Waals surface area contributed by atoms with Gasteiger partial charge in [0.15, 0.2) is 6.29 Å². The Morgan fingerprint density at radius 2 is 1.53 bits per heavy atom. The Kier molecular flexibility index (Phi) is 3.77. The summed E-state index contributed by atoms with van der Waals surface area (Å²) in [5, 5.41) is 0.588. The van der Waals surface area contributed by atoms with Crippen molar-refractivity contribution in [1.82, 2.24) is 0 Å². The summed E-state index contributed by atoms with van der Waals surface area (Å²) < 4.78 is 0. The van der Waals surface area contributed by atoms with Crippen LogP contribution in [0, 0.1) is 27.7 Å². The number of aldehydes is 1. The molecule has 0 bridgehead atoms. The molecule has 2 heteroatoms. The molecule has 0 amide bonds. The quantitative estimate of drug-likeness (QED) is 0.699. The van der Waals surface area contributed by atoms with Gasteiger partial charge in [-0.15, -0.1) is 0 Å². The number of hydrogen-bond acceptors (Lipinski definition) is 1. The summed E-state index contributed by atoms with van der Waals surface area (Å²) in [6.45, 7) is 8.39. The van der Waals surface area contributed by atoms with Gasteiger partial charge >= 0.3 is 0 Å². The highest BCUT2D eigenvalue weighted by molar-refractivity contribution is 6.31. The normalized spacial score (nSPS) is 10.6. The van der Waals surface area contributed by atoms with Crippen LogP contribution in [-0.2, 0) is 0 Å². The van der Waals surface area contributed by atoms with E-state index in [0.29, 0.717) is 10.6 Å². The van der Waals surface area contributed by atoms with Crippen LogP contribution in [0.1, 0.15) is 32.6 Å². The van der Waals surface area contributed by atoms with E-state index in [4.69, 9.17) is 11.6 Å². The molecule has 0 atom stereocenters. The Morgan fingerprint density at radius 3 is 2.05 bits per heavy atom. The van der Waals surface area contributed by atoms with Crippen molar-refractivity contribution < 1.29 is 4.79 Å². The summed E-state index contributed by atoms with van der Waals surface area (Å²) in [5.41, 5.74) is 7.66. The molecule has 0 aromatic heterocycles. The zero-order valence-electron chi connectivity index (χ0n) is 11.7. The van der Waals surface area contributed by atoms with Crippen LogP contribution in [0.15, 0.2) is 24.3 Å². The summed E-state index contributed by atoms with van der Waals surface area (Å²) in [7, 11) is 0. The average molecular weight is 273 g/mol. The Morgan fingerprint density at radius 1 is 0.947 bits per heavy atom. The molecule has 0 fully saturated rings. The molecule has 0 aliphatic rings. The van der Waals surface area contributed by atoms with Gasteiger partial charge in [-0.3, -0.25) is 4.79 Å². The lowest BCUT2D eigenvalue weighted by Gasteiger charge is -2.17. The Balaban J connectivity index is 2.82. The van der Waals surface area contributed by atoms with Crippen molar-refractivity contribution in [1.29, 1.82) is 0 Å². The first-order valence-electron chi connectivity index (χ1n) is 6.28. The van der Waals surface area contributed by atoms with Gasteiger partial charge in [0.1, 0.15) is 0 Å². The fourth-order valence-corrected chi connectivity index (χ4v) is 2.66. The highest BCUT2D eigenvalue weighted by Crippen LogP contribution is 2.34. The van der Waals surface area contributed by atoms with Gasteiger partial charge in [0, 0.05) is 10.6 Å². The molecule has 1 nitrogen and oxygen atoms in total. The number of halogens is 1. The number of rotatable bonds is 2. The summed E-state index contributed by atoms with van der Waals surface area (Å²) in [4.78, 5) is 11.3. The summed E-state index contributed by atoms with van der Waals surface area (Å²) in [5.74, 6) is 0. The van der Waals surface area contributed by atoms with Gasteiger partial charge in [-0.25, -0.2) is 0 Å². The third-order valence-corrected chi connectivity index (χ3v) is 4.01. The van der Waals surface area contributed by atoms with Crippen molar-refractivity contribution in [2.24, 2.45) is 0 Å². The van der Waals surface area contributed by atoms with E-state index in [1.165, 1.54) is 22.3 Å². The predicted octanol–water partition coefficient (Wildman–Crippen LogP) is 5.05. The number of aryl methyl sites for hydroxylation is 2. The first kappa shape index (κ1) is 13.8. The lowest BCUT2D eigenvalue weighted by Crippen LogP contribution is -1.98. The number of benzene rings is 2. The van der Waals surface area contributed by atoms with Crippen molar-refractivity contribution in [2.75, 3.05) is 0 Å². The zero-order valence-corrected chi connectivity index (χ0v) is 12.4. The monoisotopic (exact) mass is 272 g/mol. The third-order valence-electron chi connectivity index (χ3n) is 3.78. The van der Waals surface area contributed by atoms with Crippen LogP contribution in [0.3, 0.4) is 0 Å². The van der Waals surface area contributed by atoms with Gasteiger partial charge < -0.3 is 0 Å². The van der Waals surface area contributed by atoms with E-state index in [1.54, 1.807) is 6.07 Å². The molecule has 0 aliphatic heterocycles. The number of hydrogen-bond donors (Lipinski definition) is 0. The van der Waals surface area contributed by atoms with Crippen molar-refractivity contribution in [2.45, 2.75) is 27.7 Å². The molecular weight excluding hydrogens is 256 g/mol. The molecule has 0 N–H and O–H groups in total. The van der Waals surface area contributed by atoms with Gasteiger partial charge in [-0.1, -0.05) is 23.7 Å². The third kappa shape index (κ3) is 2.43. The number of carbonyl (C=O) groups excluding carboxylic acids is 1. The summed E-state index contributed by atoms with van der Waals surface area (Å²) in [6.07, 6.45) is 0.873. The molecule has 0 aliphatic carbocycles. The van der Waals surface area contributed by atoms with Crippen molar-refractivity contribution in [3.8, 4) is 11.1 Å². The largest absolute Gasteiger partial charge is 0.298 e. The zero-order chi connectivity index (χ0) is 14.2. The maximum atomic E-state index is 11.3. The molecule has 0 radical (unpaired) electrons. The molecule has 2 aromatic carbocycles.